The van der Waals surface area contributed by atoms with Crippen molar-refractivity contribution in [2.45, 2.75) is 5.92 Å². The van der Waals surface area contributed by atoms with E-state index in [1.54, 1.807) is 0 Å². The van der Waals surface area contributed by atoms with Crippen LogP contribution in [-0.2, 0) is 0 Å². The molecule has 0 spiro atoms. The summed E-state index contributed by atoms with van der Waals surface area (Å²) in [5.41, 5.74) is 8.91. The zero-order valence-electron chi connectivity index (χ0n) is 13.6. The van der Waals surface area contributed by atoms with Crippen LogP contribution in [0.3, 0.4) is 0 Å². The number of hydrogen-bond acceptors (Lipinski definition) is 5. The summed E-state index contributed by atoms with van der Waals surface area (Å²) in [6.45, 7) is 0. The summed E-state index contributed by atoms with van der Waals surface area (Å²) in [5.74, 6) is -0.524. The number of nitrogens with zero attached hydrogens (tertiary/aromatic N) is 2. The van der Waals surface area contributed by atoms with Crippen LogP contribution in [0.2, 0.25) is 0 Å². The summed E-state index contributed by atoms with van der Waals surface area (Å²) < 4.78 is 5.36. The molecule has 2 heterocycles. The highest BCUT2D eigenvalue weighted by atomic mass is 16.5. The van der Waals surface area contributed by atoms with Gasteiger partial charge < -0.3 is 15.5 Å². The summed E-state index contributed by atoms with van der Waals surface area (Å²) in [6.07, 6.45) is 1.25. The highest BCUT2D eigenvalue weighted by Gasteiger charge is 2.33. The standard InChI is InChI=1S/C20H14N4O2/c21-10-15-16(17-19(25)23-11-24-20(17)26-18(15)22)14-8-6-13(7-9-14)12-4-2-1-3-5-12/h1-9,11,16H,22H2,(H,23,24,25)/t16-/m1/s1. The van der Waals surface area contributed by atoms with Crippen molar-refractivity contribution in [1.29, 1.82) is 5.26 Å². The largest absolute Gasteiger partial charge is 0.422 e. The minimum atomic E-state index is -0.619. The fourth-order valence-electron chi connectivity index (χ4n) is 3.13. The van der Waals surface area contributed by atoms with Crippen LogP contribution < -0.4 is 16.0 Å². The van der Waals surface area contributed by atoms with Gasteiger partial charge in [-0.3, -0.25) is 4.79 Å². The fourth-order valence-corrected chi connectivity index (χ4v) is 3.13. The summed E-state index contributed by atoms with van der Waals surface area (Å²) in [4.78, 5) is 18.9. The lowest BCUT2D eigenvalue weighted by Gasteiger charge is -2.24. The van der Waals surface area contributed by atoms with Gasteiger partial charge in [-0.2, -0.15) is 5.26 Å². The maximum absolute atomic E-state index is 12.4. The summed E-state index contributed by atoms with van der Waals surface area (Å²) in [5, 5.41) is 9.54. The number of fused-ring (bicyclic) bond motifs is 1. The Morgan fingerprint density at radius 2 is 1.77 bits per heavy atom. The zero-order chi connectivity index (χ0) is 18.1. The Morgan fingerprint density at radius 3 is 2.46 bits per heavy atom. The van der Waals surface area contributed by atoms with E-state index in [4.69, 9.17) is 10.5 Å². The van der Waals surface area contributed by atoms with Gasteiger partial charge in [0.2, 0.25) is 11.8 Å². The number of allylic oxidation sites excluding steroid dienone is 1. The highest BCUT2D eigenvalue weighted by molar-refractivity contribution is 5.64. The Balaban J connectivity index is 1.84. The number of nitriles is 1. The Labute approximate surface area is 149 Å². The van der Waals surface area contributed by atoms with Gasteiger partial charge in [0.15, 0.2) is 0 Å². The minimum absolute atomic E-state index is 0.0322. The quantitative estimate of drug-likeness (QED) is 0.745. The molecule has 0 amide bonds. The second-order valence-electron chi connectivity index (χ2n) is 5.86. The van der Waals surface area contributed by atoms with Crippen molar-refractivity contribution in [1.82, 2.24) is 9.97 Å². The molecular weight excluding hydrogens is 328 g/mol. The molecule has 0 unspecified atom stereocenters. The van der Waals surface area contributed by atoms with E-state index in [1.807, 2.05) is 54.6 Å². The molecule has 2 aromatic carbocycles. The molecule has 6 heteroatoms. The highest BCUT2D eigenvalue weighted by Crippen LogP contribution is 2.39. The Morgan fingerprint density at radius 1 is 1.08 bits per heavy atom. The summed E-state index contributed by atoms with van der Waals surface area (Å²) in [7, 11) is 0. The topological polar surface area (TPSA) is 105 Å². The van der Waals surface area contributed by atoms with E-state index < -0.39 is 5.92 Å². The molecule has 26 heavy (non-hydrogen) atoms. The van der Waals surface area contributed by atoms with Gasteiger partial charge in [-0.25, -0.2) is 4.98 Å². The van der Waals surface area contributed by atoms with Crippen molar-refractivity contribution in [3.63, 3.8) is 0 Å². The number of benzene rings is 2. The van der Waals surface area contributed by atoms with Crippen LogP contribution in [-0.4, -0.2) is 9.97 Å². The average molecular weight is 342 g/mol. The number of nitrogens with two attached hydrogens (primary N) is 1. The van der Waals surface area contributed by atoms with Crippen molar-refractivity contribution >= 4 is 0 Å². The smallest absolute Gasteiger partial charge is 0.258 e. The second kappa shape index (κ2) is 6.22. The first-order valence-electron chi connectivity index (χ1n) is 7.99. The van der Waals surface area contributed by atoms with Crippen molar-refractivity contribution in [3.8, 4) is 23.1 Å². The summed E-state index contributed by atoms with van der Waals surface area (Å²) in [6, 6.07) is 19.7. The number of aromatic nitrogens is 2. The zero-order valence-corrected chi connectivity index (χ0v) is 13.6. The maximum Gasteiger partial charge on any atom is 0.258 e. The molecule has 0 fully saturated rings. The van der Waals surface area contributed by atoms with E-state index in [0.29, 0.717) is 0 Å². The van der Waals surface area contributed by atoms with Gasteiger partial charge in [-0.1, -0.05) is 54.6 Å². The molecular formula is C20H14N4O2. The van der Waals surface area contributed by atoms with E-state index in [9.17, 15) is 10.1 Å². The van der Waals surface area contributed by atoms with E-state index >= 15 is 0 Å². The monoisotopic (exact) mass is 342 g/mol. The normalized spacial score (nSPS) is 15.7. The third kappa shape index (κ3) is 2.52. The molecule has 4 rings (SSSR count). The number of nitrogens with one attached hydrogen (secondary N) is 1. The minimum Gasteiger partial charge on any atom is -0.422 e. The maximum atomic E-state index is 12.4. The fraction of sp³-hybridized carbons (Fsp3) is 0.0500. The third-order valence-electron chi connectivity index (χ3n) is 4.37. The van der Waals surface area contributed by atoms with Crippen LogP contribution >= 0.6 is 0 Å². The van der Waals surface area contributed by atoms with E-state index in [1.165, 1.54) is 6.33 Å². The first-order valence-corrected chi connectivity index (χ1v) is 7.99. The lowest BCUT2D eigenvalue weighted by Crippen LogP contribution is -2.28. The van der Waals surface area contributed by atoms with Gasteiger partial charge in [-0.05, 0) is 16.7 Å². The van der Waals surface area contributed by atoms with Crippen molar-refractivity contribution in [3.05, 3.63) is 93.9 Å². The lowest BCUT2D eigenvalue weighted by molar-refractivity contribution is 0.375. The number of hydrogen-bond donors (Lipinski definition) is 2. The molecule has 1 atom stereocenters. The summed E-state index contributed by atoms with van der Waals surface area (Å²) >= 11 is 0. The van der Waals surface area contributed by atoms with Crippen molar-refractivity contribution in [2.75, 3.05) is 0 Å². The van der Waals surface area contributed by atoms with Gasteiger partial charge in [0.1, 0.15) is 11.6 Å². The van der Waals surface area contributed by atoms with E-state index in [-0.39, 0.29) is 28.5 Å². The molecule has 1 aliphatic heterocycles. The molecule has 0 saturated heterocycles. The van der Waals surface area contributed by atoms with Crippen LogP contribution in [0.5, 0.6) is 5.88 Å². The molecule has 3 N–H and O–H groups in total. The van der Waals surface area contributed by atoms with Crippen LogP contribution in [0.15, 0.2) is 77.2 Å². The van der Waals surface area contributed by atoms with Crippen molar-refractivity contribution in [2.24, 2.45) is 5.73 Å². The Bertz CT molecular complexity index is 1090. The van der Waals surface area contributed by atoms with Gasteiger partial charge in [-0.15, -0.1) is 0 Å². The van der Waals surface area contributed by atoms with Gasteiger partial charge in [0.25, 0.3) is 5.56 Å². The first kappa shape index (κ1) is 15.7. The molecule has 1 aromatic heterocycles. The van der Waals surface area contributed by atoms with Crippen molar-refractivity contribution < 1.29 is 4.74 Å². The molecule has 6 nitrogen and oxygen atoms in total. The number of rotatable bonds is 2. The molecule has 0 bridgehead atoms. The van der Waals surface area contributed by atoms with Crippen LogP contribution in [0.1, 0.15) is 17.0 Å². The lowest BCUT2D eigenvalue weighted by atomic mass is 9.84. The third-order valence-corrected chi connectivity index (χ3v) is 4.37. The predicted molar refractivity (Wildman–Crippen MR) is 96.0 cm³/mol. The number of aromatic amines is 1. The number of ether oxygens (including phenoxy) is 1. The molecule has 0 radical (unpaired) electrons. The Hall–Kier alpha value is -3.85. The molecule has 0 aliphatic carbocycles. The van der Waals surface area contributed by atoms with Gasteiger partial charge >= 0.3 is 0 Å². The average Bonchev–Trinajstić information content (AvgIpc) is 2.68. The van der Waals surface area contributed by atoms with Gasteiger partial charge in [0, 0.05) is 0 Å². The van der Waals surface area contributed by atoms with E-state index in [0.717, 1.165) is 16.7 Å². The predicted octanol–water partition coefficient (Wildman–Crippen LogP) is 2.66. The SMILES string of the molecule is N#CC1=C(N)Oc2nc[nH]c(=O)c2[C@@H]1c1ccc(-c2ccccc2)cc1. The van der Waals surface area contributed by atoms with E-state index in [2.05, 4.69) is 16.0 Å². The molecule has 1 aliphatic rings. The molecule has 0 saturated carbocycles. The number of H-pyrrole nitrogens is 1. The second-order valence-corrected chi connectivity index (χ2v) is 5.86. The Kier molecular flexibility index (Phi) is 3.75. The molecule has 3 aromatic rings. The molecule has 126 valence electrons. The first-order chi connectivity index (χ1) is 12.7. The van der Waals surface area contributed by atoms with Crippen LogP contribution in [0.4, 0.5) is 0 Å². The van der Waals surface area contributed by atoms with Gasteiger partial charge in [0.05, 0.1) is 17.8 Å². The van der Waals surface area contributed by atoms with Crippen LogP contribution in [0, 0.1) is 11.3 Å². The van der Waals surface area contributed by atoms with Crippen LogP contribution in [0.25, 0.3) is 11.1 Å².